The quantitative estimate of drug-likeness (QED) is 0.268. The molecule has 202 valence electrons. The minimum Gasteiger partial charge on any atom is -0.459 e. The number of nitrogens with zero attached hydrogens (tertiary/aromatic N) is 2. The number of pyridine rings is 1. The van der Waals surface area contributed by atoms with Gasteiger partial charge >= 0.3 is 0 Å². The van der Waals surface area contributed by atoms with Crippen LogP contribution in [0.15, 0.2) is 76.2 Å². The van der Waals surface area contributed by atoms with Gasteiger partial charge in [-0.25, -0.2) is 4.98 Å². The molecule has 39 heavy (non-hydrogen) atoms. The molecule has 0 unspecified atom stereocenters. The second kappa shape index (κ2) is 11.6. The minimum atomic E-state index is -4.02. The van der Waals surface area contributed by atoms with Crippen LogP contribution in [-0.2, 0) is 32.7 Å². The average molecular weight is 548 g/mol. The van der Waals surface area contributed by atoms with Gasteiger partial charge in [-0.1, -0.05) is 35.9 Å². The van der Waals surface area contributed by atoms with Crippen molar-refractivity contribution >= 4 is 44.8 Å². The van der Waals surface area contributed by atoms with Crippen LogP contribution < -0.4 is 5.32 Å². The zero-order chi connectivity index (χ0) is 28.2. The third-order valence-corrected chi connectivity index (χ3v) is 7.17. The Morgan fingerprint density at radius 1 is 1.13 bits per heavy atom. The molecule has 0 bridgehead atoms. The lowest BCUT2D eigenvalue weighted by atomic mass is 10.0. The zero-order valence-electron chi connectivity index (χ0n) is 21.8. The molecule has 2 N–H and O–H groups in total. The molecule has 0 saturated heterocycles. The molecule has 4 aromatic rings. The van der Waals surface area contributed by atoms with E-state index in [2.05, 4.69) is 10.3 Å². The molecule has 0 atom stereocenters. The number of carbonyl (C=O) groups excluding carboxylic acids is 2. The highest BCUT2D eigenvalue weighted by Gasteiger charge is 2.16. The number of likely N-dealkylation sites (N-methyl/N-ethyl adjacent to an activating group) is 1. The second-order valence-corrected chi connectivity index (χ2v) is 10.7. The summed E-state index contributed by atoms with van der Waals surface area (Å²) < 4.78 is 35.4. The number of hydrogen-bond acceptors (Lipinski definition) is 6. The third-order valence-electron chi connectivity index (χ3n) is 6.30. The molecule has 5 rings (SSSR count). The van der Waals surface area contributed by atoms with Crippen LogP contribution in [0.2, 0.25) is 0 Å². The van der Waals surface area contributed by atoms with E-state index in [0.29, 0.717) is 25.2 Å². The number of aryl methyl sites for hydroxylation is 3. The summed E-state index contributed by atoms with van der Waals surface area (Å²) in [5.74, 6) is 1.26. The predicted molar refractivity (Wildman–Crippen MR) is 149 cm³/mol. The maximum Gasteiger partial charge on any atom is 0.294 e. The number of amides is 2. The summed E-state index contributed by atoms with van der Waals surface area (Å²) in [6.45, 7) is 4.25. The highest BCUT2D eigenvalue weighted by Crippen LogP contribution is 2.26. The molecule has 9 nitrogen and oxygen atoms in total. The number of carbonyl (C=O) groups is 2. The van der Waals surface area contributed by atoms with Crippen LogP contribution in [-0.4, -0.2) is 41.7 Å². The van der Waals surface area contributed by atoms with Crippen molar-refractivity contribution in [3.63, 3.8) is 0 Å². The second-order valence-electron chi connectivity index (χ2n) is 9.29. The first-order valence-corrected chi connectivity index (χ1v) is 13.7. The Labute approximate surface area is 226 Å². The summed E-state index contributed by atoms with van der Waals surface area (Å²) in [5, 5.41) is 3.82. The van der Waals surface area contributed by atoms with Gasteiger partial charge < -0.3 is 14.6 Å². The van der Waals surface area contributed by atoms with E-state index < -0.39 is 10.1 Å². The lowest BCUT2D eigenvalue weighted by molar-refractivity contribution is -0.125. The highest BCUT2D eigenvalue weighted by atomic mass is 32.2. The first kappa shape index (κ1) is 27.7. The monoisotopic (exact) mass is 547 g/mol. The first-order chi connectivity index (χ1) is 18.5. The number of anilines is 1. The van der Waals surface area contributed by atoms with Gasteiger partial charge in [-0.05, 0) is 61.7 Å². The third kappa shape index (κ3) is 6.98. The summed E-state index contributed by atoms with van der Waals surface area (Å²) in [7, 11) is -2.27. The molecular weight excluding hydrogens is 518 g/mol. The molecule has 10 heteroatoms. The Kier molecular flexibility index (Phi) is 8.27. The van der Waals surface area contributed by atoms with Crippen LogP contribution >= 0.6 is 0 Å². The molecule has 0 spiro atoms. The summed E-state index contributed by atoms with van der Waals surface area (Å²) in [5.41, 5.74) is 4.66. The maximum atomic E-state index is 12.5. The van der Waals surface area contributed by atoms with Crippen molar-refractivity contribution in [2.24, 2.45) is 0 Å². The van der Waals surface area contributed by atoms with Crippen LogP contribution in [0, 0.1) is 13.8 Å². The lowest BCUT2D eigenvalue weighted by Gasteiger charge is -2.16. The van der Waals surface area contributed by atoms with Gasteiger partial charge in [0.05, 0.1) is 11.4 Å². The summed E-state index contributed by atoms with van der Waals surface area (Å²) in [6.07, 6.45) is 6.05. The Hall–Kier alpha value is -4.28. The van der Waals surface area contributed by atoms with Gasteiger partial charge in [-0.2, -0.15) is 8.42 Å². The van der Waals surface area contributed by atoms with Crippen LogP contribution in [0.5, 0.6) is 0 Å². The normalized spacial score (nSPS) is 13.0. The van der Waals surface area contributed by atoms with Gasteiger partial charge in [0, 0.05) is 36.7 Å². The van der Waals surface area contributed by atoms with Gasteiger partial charge in [-0.15, -0.1) is 0 Å². The van der Waals surface area contributed by atoms with Gasteiger partial charge in [0.1, 0.15) is 17.2 Å². The van der Waals surface area contributed by atoms with E-state index in [-0.39, 0.29) is 16.7 Å². The Morgan fingerprint density at radius 3 is 2.54 bits per heavy atom. The number of nitrogens with one attached hydrogen (secondary N) is 1. The topological polar surface area (TPSA) is 130 Å². The summed E-state index contributed by atoms with van der Waals surface area (Å²) in [6, 6.07) is 15.8. The fourth-order valence-electron chi connectivity index (χ4n) is 4.04. The van der Waals surface area contributed by atoms with Crippen molar-refractivity contribution in [2.75, 3.05) is 12.4 Å². The Bertz CT molecular complexity index is 1660. The van der Waals surface area contributed by atoms with Gasteiger partial charge in [-0.3, -0.25) is 14.1 Å². The standard InChI is InChI=1S/C22H21N3O3.C7H8O3S/c1-14-17-5-3-4-6-18(17)28-19(14)13-25(2)21(27)10-7-15-11-16-8-9-20(26)24-22(16)23-12-15;1-6-2-4-7(5-3-6)11(8,9)10/h3-7,10-12H,8-9,13H2,1-2H3,(H,23,24,26);2-5H,1H3,(H,8,9,10). The van der Waals surface area contributed by atoms with Crippen molar-refractivity contribution in [1.82, 2.24) is 9.88 Å². The summed E-state index contributed by atoms with van der Waals surface area (Å²) >= 11 is 0. The van der Waals surface area contributed by atoms with E-state index in [4.69, 9.17) is 8.97 Å². The van der Waals surface area contributed by atoms with Crippen LogP contribution in [0.25, 0.3) is 17.0 Å². The minimum absolute atomic E-state index is 0.0130. The fourth-order valence-corrected chi connectivity index (χ4v) is 4.52. The number of aromatic nitrogens is 1. The first-order valence-electron chi connectivity index (χ1n) is 12.2. The largest absolute Gasteiger partial charge is 0.459 e. The maximum absolute atomic E-state index is 12.5. The van der Waals surface area contributed by atoms with E-state index in [1.165, 1.54) is 18.2 Å². The summed E-state index contributed by atoms with van der Waals surface area (Å²) in [4.78, 5) is 29.7. The zero-order valence-corrected chi connectivity index (χ0v) is 22.7. The number of rotatable bonds is 5. The van der Waals surface area contributed by atoms with E-state index in [1.54, 1.807) is 36.4 Å². The molecule has 0 aliphatic carbocycles. The lowest BCUT2D eigenvalue weighted by Crippen LogP contribution is -2.24. The Balaban J connectivity index is 0.000000270. The van der Waals surface area contributed by atoms with E-state index >= 15 is 0 Å². The smallest absolute Gasteiger partial charge is 0.294 e. The van der Waals surface area contributed by atoms with Gasteiger partial charge in [0.15, 0.2) is 0 Å². The Morgan fingerprint density at radius 2 is 1.85 bits per heavy atom. The van der Waals surface area contributed by atoms with E-state index in [9.17, 15) is 18.0 Å². The number of hydrogen-bond donors (Lipinski definition) is 2. The number of fused-ring (bicyclic) bond motifs is 2. The number of benzene rings is 2. The van der Waals surface area contributed by atoms with Crippen molar-refractivity contribution in [3.05, 3.63) is 94.9 Å². The average Bonchev–Trinajstić information content (AvgIpc) is 3.22. The number of para-hydroxylation sites is 1. The van der Waals surface area contributed by atoms with Crippen LogP contribution in [0.3, 0.4) is 0 Å². The van der Waals surface area contributed by atoms with Crippen LogP contribution in [0.4, 0.5) is 5.82 Å². The van der Waals surface area contributed by atoms with Crippen molar-refractivity contribution in [1.29, 1.82) is 0 Å². The molecule has 3 heterocycles. The predicted octanol–water partition coefficient (Wildman–Crippen LogP) is 4.93. The molecule has 0 radical (unpaired) electrons. The molecular formula is C29H29N3O6S. The van der Waals surface area contributed by atoms with Crippen LogP contribution in [0.1, 0.15) is 34.4 Å². The van der Waals surface area contributed by atoms with Gasteiger partial charge in [0.2, 0.25) is 11.8 Å². The van der Waals surface area contributed by atoms with Crippen molar-refractivity contribution < 1.29 is 27.0 Å². The SMILES string of the molecule is Cc1c(CN(C)C(=O)C=Cc2cnc3c(c2)CCC(=O)N3)oc2ccccc12.Cc1ccc(S(=O)(=O)O)cc1. The highest BCUT2D eigenvalue weighted by molar-refractivity contribution is 7.85. The molecule has 2 aromatic heterocycles. The van der Waals surface area contributed by atoms with Crippen molar-refractivity contribution in [2.45, 2.75) is 38.1 Å². The van der Waals surface area contributed by atoms with E-state index in [0.717, 1.165) is 39.0 Å². The van der Waals surface area contributed by atoms with Crippen molar-refractivity contribution in [3.8, 4) is 0 Å². The van der Waals surface area contributed by atoms with Gasteiger partial charge in [0.25, 0.3) is 10.1 Å². The van der Waals surface area contributed by atoms with E-state index in [1.807, 2.05) is 44.2 Å². The number of furan rings is 1. The molecule has 2 aromatic carbocycles. The molecule has 1 aliphatic heterocycles. The molecule has 0 saturated carbocycles. The molecule has 0 fully saturated rings. The molecule has 1 aliphatic rings. The molecule has 2 amide bonds. The fraction of sp³-hybridized carbons (Fsp3) is 0.207.